The van der Waals surface area contributed by atoms with E-state index in [1.165, 1.54) is 37.9 Å². The molecule has 0 atom stereocenters. The molecule has 0 saturated carbocycles. The van der Waals surface area contributed by atoms with Crippen molar-refractivity contribution in [2.45, 2.75) is 0 Å². The molecule has 4 aromatic heterocycles. The van der Waals surface area contributed by atoms with Crippen molar-refractivity contribution in [3.05, 3.63) is 334 Å². The zero-order valence-corrected chi connectivity index (χ0v) is 53.9. The smallest absolute Gasteiger partial charge is 0.161 e. The fourth-order valence-electron chi connectivity index (χ4n) is 16.4. The molecule has 462 valence electrons. The van der Waals surface area contributed by atoms with Crippen LogP contribution in [0.3, 0.4) is 0 Å². The lowest BCUT2D eigenvalue weighted by molar-refractivity contribution is 0.672. The molecule has 17 aromatic carbocycles. The van der Waals surface area contributed by atoms with Gasteiger partial charge in [-0.15, -0.1) is 0 Å². The number of nitrogens with zero attached hydrogens (tertiary/aromatic N) is 3. The second kappa shape index (κ2) is 22.1. The predicted octanol–water partition coefficient (Wildman–Crippen LogP) is 26.2. The van der Waals surface area contributed by atoms with Gasteiger partial charge in [0, 0.05) is 60.1 Å². The highest BCUT2D eigenvalue weighted by molar-refractivity contribution is 6.33. The molecule has 0 N–H and O–H groups in total. The van der Waals surface area contributed by atoms with E-state index in [0.29, 0.717) is 5.82 Å². The van der Waals surface area contributed by atoms with E-state index in [-0.39, 0.29) is 0 Å². The van der Waals surface area contributed by atoms with Gasteiger partial charge in [0.1, 0.15) is 22.3 Å². The van der Waals surface area contributed by atoms with Crippen LogP contribution in [0.1, 0.15) is 0 Å². The van der Waals surface area contributed by atoms with Crippen molar-refractivity contribution in [1.29, 1.82) is 0 Å². The minimum atomic E-state index is 0.685. The maximum atomic E-state index is 7.17. The molecular weight excluding hydrogens is 1220 g/mol. The van der Waals surface area contributed by atoms with Gasteiger partial charge in [-0.05, 0) is 163 Å². The van der Waals surface area contributed by atoms with Crippen LogP contribution >= 0.6 is 0 Å². The number of rotatable bonds is 8. The van der Waals surface area contributed by atoms with Crippen molar-refractivity contribution in [3.8, 4) is 89.8 Å². The number of benzene rings is 17. The first-order valence-corrected chi connectivity index (χ1v) is 34.1. The van der Waals surface area contributed by atoms with E-state index in [9.17, 15) is 0 Å². The molecule has 21 rings (SSSR count). The molecule has 0 saturated heterocycles. The lowest BCUT2D eigenvalue weighted by atomic mass is 9.86. The molecule has 0 unspecified atom stereocenters. The number of hydrogen-bond acceptors (Lipinski definition) is 5. The summed E-state index contributed by atoms with van der Waals surface area (Å²) in [6.07, 6.45) is 0. The summed E-state index contributed by atoms with van der Waals surface area (Å²) >= 11 is 0. The second-order valence-electron chi connectivity index (χ2n) is 26.3. The molecule has 0 radical (unpaired) electrons. The average molecular weight is 1270 g/mol. The van der Waals surface area contributed by atoms with Crippen LogP contribution in [0.4, 0.5) is 0 Å². The van der Waals surface area contributed by atoms with Gasteiger partial charge in [0.05, 0.1) is 22.8 Å². The van der Waals surface area contributed by atoms with Gasteiger partial charge in [0.2, 0.25) is 0 Å². The third kappa shape index (κ3) is 8.59. The number of furan rings is 2. The van der Waals surface area contributed by atoms with Gasteiger partial charge in [-0.3, -0.25) is 0 Å². The van der Waals surface area contributed by atoms with Gasteiger partial charge >= 0.3 is 0 Å². The number of hydrogen-bond donors (Lipinski definition) is 0. The fourth-order valence-corrected chi connectivity index (χ4v) is 16.4. The third-order valence-corrected chi connectivity index (χ3v) is 20.8. The molecule has 21 aromatic rings. The lowest BCUT2D eigenvalue weighted by Gasteiger charge is -2.18. The van der Waals surface area contributed by atoms with Crippen LogP contribution in [0.15, 0.2) is 342 Å². The van der Waals surface area contributed by atoms with Crippen molar-refractivity contribution < 1.29 is 8.83 Å². The Labute approximate surface area is 573 Å². The Bertz CT molecular complexity index is 6860. The SMILES string of the molecule is c1ccc(-c2cc(-c3ccccc3)nc(-c3c4ccccc4c(-c4ccc5oc6c7cc(-c8cccc(-c9cccc(-c%10c%11ccccc%11c(-c%11ccc%12oc%13c%14ccccc%14c%14ccccc%14c%13c%12c%11)c%11ccccc%10%11)n9)c8)ccc7c7ccccc7c6c5c4)c4ccccc34)n2)cc1. The first-order chi connectivity index (χ1) is 49.6. The number of aromatic nitrogens is 3. The highest BCUT2D eigenvalue weighted by atomic mass is 16.3. The first-order valence-electron chi connectivity index (χ1n) is 34.1. The highest BCUT2D eigenvalue weighted by Gasteiger charge is 2.25. The van der Waals surface area contributed by atoms with Crippen LogP contribution in [0.5, 0.6) is 0 Å². The van der Waals surface area contributed by atoms with E-state index in [1.54, 1.807) is 0 Å². The van der Waals surface area contributed by atoms with Crippen molar-refractivity contribution in [1.82, 2.24) is 15.0 Å². The Hall–Kier alpha value is -13.4. The molecule has 5 nitrogen and oxygen atoms in total. The van der Waals surface area contributed by atoms with Crippen LogP contribution in [0, 0.1) is 0 Å². The van der Waals surface area contributed by atoms with E-state index in [0.717, 1.165) is 176 Å². The summed E-state index contributed by atoms with van der Waals surface area (Å²) in [4.78, 5) is 16.4. The molecule has 4 heterocycles. The van der Waals surface area contributed by atoms with Crippen molar-refractivity contribution >= 4 is 130 Å². The molecule has 0 aliphatic rings. The van der Waals surface area contributed by atoms with E-state index in [4.69, 9.17) is 23.8 Å². The molecule has 0 aliphatic heterocycles. The Morgan fingerprint density at radius 1 is 0.170 bits per heavy atom. The molecule has 0 bridgehead atoms. The van der Waals surface area contributed by atoms with E-state index < -0.39 is 0 Å². The summed E-state index contributed by atoms with van der Waals surface area (Å²) in [6, 6.07) is 120. The third-order valence-electron chi connectivity index (χ3n) is 20.8. The minimum absolute atomic E-state index is 0.685. The molecular formula is C95H55N3O2. The lowest BCUT2D eigenvalue weighted by Crippen LogP contribution is -1.98. The van der Waals surface area contributed by atoms with E-state index in [1.807, 2.05) is 12.1 Å². The van der Waals surface area contributed by atoms with Crippen molar-refractivity contribution in [2.75, 3.05) is 0 Å². The monoisotopic (exact) mass is 1270 g/mol. The maximum Gasteiger partial charge on any atom is 0.161 e. The van der Waals surface area contributed by atoms with Gasteiger partial charge in [0.25, 0.3) is 0 Å². The van der Waals surface area contributed by atoms with Crippen molar-refractivity contribution in [3.63, 3.8) is 0 Å². The van der Waals surface area contributed by atoms with Gasteiger partial charge in [-0.2, -0.15) is 0 Å². The topological polar surface area (TPSA) is 65.0 Å². The second-order valence-corrected chi connectivity index (χ2v) is 26.3. The average Bonchev–Trinajstić information content (AvgIpc) is 1.40. The van der Waals surface area contributed by atoms with E-state index in [2.05, 4.69) is 322 Å². The van der Waals surface area contributed by atoms with Gasteiger partial charge in [0.15, 0.2) is 5.82 Å². The summed E-state index contributed by atoms with van der Waals surface area (Å²) in [5.74, 6) is 0.685. The fraction of sp³-hybridized carbons (Fsp3) is 0. The van der Waals surface area contributed by atoms with Crippen LogP contribution < -0.4 is 0 Å². The zero-order valence-electron chi connectivity index (χ0n) is 53.9. The maximum absolute atomic E-state index is 7.17. The van der Waals surface area contributed by atoms with Gasteiger partial charge in [-0.25, -0.2) is 15.0 Å². The van der Waals surface area contributed by atoms with Gasteiger partial charge < -0.3 is 8.83 Å². The largest absolute Gasteiger partial charge is 0.455 e. The summed E-state index contributed by atoms with van der Waals surface area (Å²) < 4.78 is 14.0. The Morgan fingerprint density at radius 2 is 0.520 bits per heavy atom. The van der Waals surface area contributed by atoms with Crippen LogP contribution in [0.2, 0.25) is 0 Å². The summed E-state index contributed by atoms with van der Waals surface area (Å²) in [5.41, 5.74) is 19.0. The molecule has 0 amide bonds. The molecule has 5 heteroatoms. The Morgan fingerprint density at radius 3 is 1.03 bits per heavy atom. The molecule has 100 heavy (non-hydrogen) atoms. The standard InChI is InChI=1S/C95H55N3O2/c1-3-23-56(24-4-1)83-55-84(57-25-5-2-6-26-57)98-95(97-83)92-75-40-18-14-36-71(75)88(72-37-15-19-41-76(72)92)62-47-50-86-80(54-62)91-68-33-11-8-30-64(68)66-48-45-59(52-78(66)94(91)100-86)58-27-21-28-60(51-58)81-43-22-44-82(96-81)89-73-38-16-12-34-69(73)87(70-35-13-17-39-74(70)89)61-46-49-85-79(53-61)90-67-32-10-7-29-63(67)65-31-9-20-42-77(65)93(90)99-85/h1-55H. The number of pyridine rings is 1. The summed E-state index contributed by atoms with van der Waals surface area (Å²) in [6.45, 7) is 0. The first kappa shape index (κ1) is 55.9. The van der Waals surface area contributed by atoms with Crippen LogP contribution in [0.25, 0.3) is 220 Å². The van der Waals surface area contributed by atoms with Crippen LogP contribution in [-0.2, 0) is 0 Å². The zero-order chi connectivity index (χ0) is 65.5. The number of fused-ring (bicyclic) bond motifs is 20. The summed E-state index contributed by atoms with van der Waals surface area (Å²) in [5, 5.41) is 22.7. The van der Waals surface area contributed by atoms with Gasteiger partial charge in [-0.1, -0.05) is 279 Å². The molecule has 0 fully saturated rings. The van der Waals surface area contributed by atoms with Crippen LogP contribution in [-0.4, -0.2) is 15.0 Å². The Kier molecular flexibility index (Phi) is 12.4. The summed E-state index contributed by atoms with van der Waals surface area (Å²) in [7, 11) is 0. The molecule has 0 spiro atoms. The minimum Gasteiger partial charge on any atom is -0.455 e. The highest BCUT2D eigenvalue weighted by Crippen LogP contribution is 2.50. The quantitative estimate of drug-likeness (QED) is 0.112. The Balaban J connectivity index is 0.678. The van der Waals surface area contributed by atoms with Crippen molar-refractivity contribution in [2.24, 2.45) is 0 Å². The van der Waals surface area contributed by atoms with E-state index >= 15 is 0 Å². The normalized spacial score (nSPS) is 12.0. The predicted molar refractivity (Wildman–Crippen MR) is 418 cm³/mol. The molecule has 0 aliphatic carbocycles.